The number of unbranched alkanes of at least 4 members (excludes halogenated alkanes) is 2. The molecule has 154 valence electrons. The highest BCUT2D eigenvalue weighted by Gasteiger charge is 2.23. The van der Waals surface area contributed by atoms with Gasteiger partial charge in [-0.3, -0.25) is 0 Å². The van der Waals surface area contributed by atoms with Gasteiger partial charge in [-0.2, -0.15) is 0 Å². The summed E-state index contributed by atoms with van der Waals surface area (Å²) in [5, 5.41) is 0. The van der Waals surface area contributed by atoms with Gasteiger partial charge in [0.2, 0.25) is 0 Å². The number of hydrogen-bond acceptors (Lipinski definition) is 4. The van der Waals surface area contributed by atoms with Crippen LogP contribution < -0.4 is 0 Å². The SMILES string of the molecule is CCCC/C=C(\[C@@H](O/C=C/C(=O)OC)c1ccccc1)[S@@](=O)c1ccc(C)cc1. The highest BCUT2D eigenvalue weighted by molar-refractivity contribution is 7.89. The highest BCUT2D eigenvalue weighted by Crippen LogP contribution is 2.32. The van der Waals surface area contributed by atoms with Gasteiger partial charge in [-0.05, 0) is 31.0 Å². The molecule has 29 heavy (non-hydrogen) atoms. The van der Waals surface area contributed by atoms with Gasteiger partial charge in [-0.25, -0.2) is 9.00 Å². The number of aryl methyl sites for hydroxylation is 1. The van der Waals surface area contributed by atoms with Crippen LogP contribution in [0.1, 0.15) is 43.4 Å². The van der Waals surface area contributed by atoms with Gasteiger partial charge in [0.15, 0.2) is 6.10 Å². The van der Waals surface area contributed by atoms with Crippen LogP contribution in [-0.4, -0.2) is 17.3 Å². The number of carbonyl (C=O) groups is 1. The number of allylic oxidation sites excluding steroid dienone is 1. The van der Waals surface area contributed by atoms with Gasteiger partial charge in [0, 0.05) is 4.90 Å². The summed E-state index contributed by atoms with van der Waals surface area (Å²) in [6.45, 7) is 4.12. The number of carbonyl (C=O) groups excluding carboxylic acids is 1. The zero-order valence-electron chi connectivity index (χ0n) is 17.2. The Morgan fingerprint density at radius 2 is 1.79 bits per heavy atom. The Morgan fingerprint density at radius 3 is 2.41 bits per heavy atom. The molecule has 0 aliphatic heterocycles. The number of esters is 1. The van der Waals surface area contributed by atoms with Crippen LogP contribution in [0.2, 0.25) is 0 Å². The smallest absolute Gasteiger partial charge is 0.333 e. The number of methoxy groups -OCH3 is 1. The van der Waals surface area contributed by atoms with Crippen LogP contribution in [0.15, 0.2) is 82.8 Å². The average Bonchev–Trinajstić information content (AvgIpc) is 2.75. The standard InChI is InChI=1S/C24H28O4S/c1-4-5-7-12-22(29(26)21-15-13-19(2)14-16-21)24(20-10-8-6-9-11-20)28-18-17-23(25)27-3/h6,8-18,24H,4-5,7H2,1-3H3/b18-17+,22-12+/t24-,29-/m0/s1. The Kier molecular flexibility index (Phi) is 9.38. The number of rotatable bonds is 10. The van der Waals surface area contributed by atoms with Crippen molar-refractivity contribution >= 4 is 16.8 Å². The van der Waals surface area contributed by atoms with E-state index in [-0.39, 0.29) is 0 Å². The van der Waals surface area contributed by atoms with E-state index in [1.807, 2.05) is 67.6 Å². The number of ether oxygens (including phenoxy) is 2. The van der Waals surface area contributed by atoms with Crippen molar-refractivity contribution in [3.8, 4) is 0 Å². The lowest BCUT2D eigenvalue weighted by atomic mass is 10.1. The molecule has 0 fully saturated rings. The maximum absolute atomic E-state index is 13.5. The van der Waals surface area contributed by atoms with E-state index in [2.05, 4.69) is 11.7 Å². The third-order valence-electron chi connectivity index (χ3n) is 4.33. The van der Waals surface area contributed by atoms with Crippen LogP contribution in [0, 0.1) is 6.92 Å². The minimum Gasteiger partial charge on any atom is -0.488 e. The van der Waals surface area contributed by atoms with Gasteiger partial charge in [0.1, 0.15) is 0 Å². The molecule has 2 atom stereocenters. The number of hydrogen-bond donors (Lipinski definition) is 0. The second kappa shape index (κ2) is 12.0. The summed E-state index contributed by atoms with van der Waals surface area (Å²) >= 11 is 0. The summed E-state index contributed by atoms with van der Waals surface area (Å²) in [6, 6.07) is 17.3. The second-order valence-corrected chi connectivity index (χ2v) is 8.06. The van der Waals surface area contributed by atoms with E-state index in [9.17, 15) is 9.00 Å². The molecule has 0 unspecified atom stereocenters. The summed E-state index contributed by atoms with van der Waals surface area (Å²) < 4.78 is 24.0. The lowest BCUT2D eigenvalue weighted by molar-refractivity contribution is -0.135. The normalized spacial score (nSPS) is 13.8. The van der Waals surface area contributed by atoms with E-state index >= 15 is 0 Å². The van der Waals surface area contributed by atoms with Crippen molar-refractivity contribution in [3.05, 3.63) is 89.0 Å². The summed E-state index contributed by atoms with van der Waals surface area (Å²) in [5.74, 6) is -0.506. The van der Waals surface area contributed by atoms with E-state index in [0.717, 1.165) is 35.3 Å². The molecule has 0 saturated carbocycles. The molecule has 0 aromatic heterocycles. The molecule has 2 rings (SSSR count). The molecule has 0 N–H and O–H groups in total. The van der Waals surface area contributed by atoms with Crippen molar-refractivity contribution in [3.63, 3.8) is 0 Å². The maximum atomic E-state index is 13.5. The molecule has 0 amide bonds. The molecule has 0 bridgehead atoms. The Bertz CT molecular complexity index is 854. The van der Waals surface area contributed by atoms with Gasteiger partial charge >= 0.3 is 5.97 Å². The third-order valence-corrected chi connectivity index (χ3v) is 5.84. The molecule has 0 aliphatic carbocycles. The van der Waals surface area contributed by atoms with Gasteiger partial charge in [0.05, 0.1) is 35.2 Å². The van der Waals surface area contributed by atoms with Crippen molar-refractivity contribution in [1.29, 1.82) is 0 Å². The first kappa shape index (κ1) is 22.6. The minimum absolute atomic E-state index is 0.506. The van der Waals surface area contributed by atoms with Gasteiger partial charge in [0.25, 0.3) is 0 Å². The lowest BCUT2D eigenvalue weighted by Gasteiger charge is -2.21. The summed E-state index contributed by atoms with van der Waals surface area (Å²) in [6.07, 6.45) is 6.79. The van der Waals surface area contributed by atoms with Crippen molar-refractivity contribution in [2.75, 3.05) is 7.11 Å². The lowest BCUT2D eigenvalue weighted by Crippen LogP contribution is -2.10. The molecule has 2 aromatic rings. The summed E-state index contributed by atoms with van der Waals surface area (Å²) in [5.41, 5.74) is 1.98. The number of benzene rings is 2. The third kappa shape index (κ3) is 7.02. The minimum atomic E-state index is -1.39. The van der Waals surface area contributed by atoms with E-state index in [4.69, 9.17) is 4.74 Å². The van der Waals surface area contributed by atoms with Gasteiger partial charge in [-0.15, -0.1) is 0 Å². The zero-order valence-corrected chi connectivity index (χ0v) is 18.0. The van der Waals surface area contributed by atoms with Crippen molar-refractivity contribution in [1.82, 2.24) is 0 Å². The fourth-order valence-corrected chi connectivity index (χ4v) is 4.02. The Labute approximate surface area is 175 Å². The van der Waals surface area contributed by atoms with Crippen molar-refractivity contribution < 1.29 is 18.5 Å². The highest BCUT2D eigenvalue weighted by atomic mass is 32.2. The van der Waals surface area contributed by atoms with E-state index in [1.54, 1.807) is 0 Å². The molecule has 0 saturated heterocycles. The van der Waals surface area contributed by atoms with Crippen LogP contribution in [0.25, 0.3) is 0 Å². The molecule has 0 radical (unpaired) electrons. The second-order valence-electron chi connectivity index (χ2n) is 6.58. The topological polar surface area (TPSA) is 52.6 Å². The maximum Gasteiger partial charge on any atom is 0.333 e. The Morgan fingerprint density at radius 1 is 1.10 bits per heavy atom. The van der Waals surface area contributed by atoms with E-state index in [1.165, 1.54) is 19.4 Å². The average molecular weight is 413 g/mol. The first-order valence-electron chi connectivity index (χ1n) is 9.70. The molecular formula is C24H28O4S. The quantitative estimate of drug-likeness (QED) is 0.220. The molecule has 0 heterocycles. The van der Waals surface area contributed by atoms with Crippen molar-refractivity contribution in [2.45, 2.75) is 44.1 Å². The Hall–Kier alpha value is -2.66. The van der Waals surface area contributed by atoms with Crippen LogP contribution in [0.3, 0.4) is 0 Å². The van der Waals surface area contributed by atoms with Crippen LogP contribution in [0.4, 0.5) is 0 Å². The molecule has 4 nitrogen and oxygen atoms in total. The first-order valence-corrected chi connectivity index (χ1v) is 10.8. The molecule has 5 heteroatoms. The molecule has 2 aromatic carbocycles. The van der Waals surface area contributed by atoms with E-state index in [0.29, 0.717) is 4.91 Å². The largest absolute Gasteiger partial charge is 0.488 e. The van der Waals surface area contributed by atoms with Crippen molar-refractivity contribution in [2.24, 2.45) is 0 Å². The van der Waals surface area contributed by atoms with Crippen LogP contribution >= 0.6 is 0 Å². The fourth-order valence-electron chi connectivity index (χ4n) is 2.71. The molecular weight excluding hydrogens is 384 g/mol. The van der Waals surface area contributed by atoms with E-state index < -0.39 is 22.9 Å². The predicted molar refractivity (Wildman–Crippen MR) is 117 cm³/mol. The first-order chi connectivity index (χ1) is 14.1. The van der Waals surface area contributed by atoms with Crippen LogP contribution in [-0.2, 0) is 25.1 Å². The Balaban J connectivity index is 2.43. The fraction of sp³-hybridized carbons (Fsp3) is 0.292. The predicted octanol–water partition coefficient (Wildman–Crippen LogP) is 5.62. The zero-order chi connectivity index (χ0) is 21.1. The van der Waals surface area contributed by atoms with Gasteiger partial charge in [-0.1, -0.05) is 73.9 Å². The summed E-state index contributed by atoms with van der Waals surface area (Å²) in [4.78, 5) is 12.8. The molecule has 0 spiro atoms. The van der Waals surface area contributed by atoms with Crippen LogP contribution in [0.5, 0.6) is 0 Å². The monoisotopic (exact) mass is 412 g/mol. The summed E-state index contributed by atoms with van der Waals surface area (Å²) in [7, 11) is -0.0840. The van der Waals surface area contributed by atoms with Gasteiger partial charge < -0.3 is 9.47 Å². The molecule has 0 aliphatic rings.